The van der Waals surface area contributed by atoms with Crippen molar-refractivity contribution in [3.05, 3.63) is 53.7 Å². The summed E-state index contributed by atoms with van der Waals surface area (Å²) in [5, 5.41) is 0. The quantitative estimate of drug-likeness (QED) is 0.421. The molecule has 0 fully saturated rings. The van der Waals surface area contributed by atoms with Crippen molar-refractivity contribution >= 4 is 17.1 Å². The molecule has 0 saturated carbocycles. The fourth-order valence-electron chi connectivity index (χ4n) is 1.84. The Balaban J connectivity index is 3.12. The van der Waals surface area contributed by atoms with E-state index in [0.717, 1.165) is 23.3 Å². The second kappa shape index (κ2) is 7.59. The van der Waals surface area contributed by atoms with Gasteiger partial charge in [-0.15, -0.1) is 0 Å². The van der Waals surface area contributed by atoms with Crippen molar-refractivity contribution in [1.29, 1.82) is 0 Å². The van der Waals surface area contributed by atoms with Crippen LogP contribution in [-0.4, -0.2) is 11.5 Å². The van der Waals surface area contributed by atoms with Crippen molar-refractivity contribution < 1.29 is 4.79 Å². The molecule has 1 aromatic rings. The molecule has 0 spiro atoms. The number of carbonyl (C=O) groups excluding carboxylic acids is 1. The predicted molar refractivity (Wildman–Crippen MR) is 87.0 cm³/mol. The molecule has 0 aliphatic rings. The van der Waals surface area contributed by atoms with Crippen LogP contribution in [0.2, 0.25) is 0 Å². The summed E-state index contributed by atoms with van der Waals surface area (Å²) in [5.74, 6) is 0.0407. The molecule has 0 bridgehead atoms. The number of carbonyl (C=O) groups is 1. The molecule has 0 heterocycles. The van der Waals surface area contributed by atoms with Crippen LogP contribution in [0.5, 0.6) is 0 Å². The van der Waals surface area contributed by atoms with Gasteiger partial charge in [-0.1, -0.05) is 44.7 Å². The molecule has 0 amide bonds. The van der Waals surface area contributed by atoms with Crippen molar-refractivity contribution in [3.8, 4) is 0 Å². The van der Waals surface area contributed by atoms with E-state index in [0.29, 0.717) is 12.1 Å². The van der Waals surface area contributed by atoms with Crippen LogP contribution >= 0.6 is 0 Å². The molecule has 0 aromatic heterocycles. The Labute approximate surface area is 121 Å². The van der Waals surface area contributed by atoms with Crippen LogP contribution in [0.15, 0.2) is 47.6 Å². The number of benzene rings is 1. The number of aryl methyl sites for hydroxylation is 1. The van der Waals surface area contributed by atoms with E-state index in [1.54, 1.807) is 6.08 Å². The fraction of sp³-hybridized carbons (Fsp3) is 0.333. The maximum atomic E-state index is 11.9. The Kier molecular flexibility index (Phi) is 6.10. The van der Waals surface area contributed by atoms with Gasteiger partial charge in [-0.2, -0.15) is 0 Å². The lowest BCUT2D eigenvalue weighted by Gasteiger charge is -2.06. The fourth-order valence-corrected chi connectivity index (χ4v) is 1.84. The molecule has 0 saturated heterocycles. The number of nitrogens with zero attached hydrogens (tertiary/aromatic N) is 1. The third kappa shape index (κ3) is 4.61. The van der Waals surface area contributed by atoms with Crippen LogP contribution in [0, 0.1) is 0 Å². The van der Waals surface area contributed by atoms with E-state index in [9.17, 15) is 4.79 Å². The zero-order valence-electron chi connectivity index (χ0n) is 12.9. The Hall–Kier alpha value is -1.96. The minimum atomic E-state index is 0.0407. The van der Waals surface area contributed by atoms with Crippen LogP contribution in [0.4, 0.5) is 0 Å². The summed E-state index contributed by atoms with van der Waals surface area (Å²) in [5.41, 5.74) is 4.47. The molecule has 1 rings (SSSR count). The summed E-state index contributed by atoms with van der Waals surface area (Å²) in [6.45, 7) is 11.8. The molecule has 2 heteroatoms. The smallest absolute Gasteiger partial charge is 0.180 e. The van der Waals surface area contributed by atoms with Gasteiger partial charge in [0.2, 0.25) is 0 Å². The van der Waals surface area contributed by atoms with Gasteiger partial charge in [0.25, 0.3) is 0 Å². The molecule has 1 aromatic carbocycles. The third-order valence-corrected chi connectivity index (χ3v) is 2.97. The zero-order valence-corrected chi connectivity index (χ0v) is 12.9. The van der Waals surface area contributed by atoms with Crippen LogP contribution in [0.1, 0.15) is 45.2 Å². The molecular formula is C18H23NO. The first-order valence-electron chi connectivity index (χ1n) is 7.02. The number of aliphatic imine (C=N–C) groups is 1. The molecule has 0 N–H and O–H groups in total. The van der Waals surface area contributed by atoms with Gasteiger partial charge >= 0.3 is 0 Å². The summed E-state index contributed by atoms with van der Waals surface area (Å²) in [7, 11) is 0. The van der Waals surface area contributed by atoms with E-state index >= 15 is 0 Å². The molecule has 0 aliphatic carbocycles. The monoisotopic (exact) mass is 269 g/mol. The van der Waals surface area contributed by atoms with Gasteiger partial charge in [0.15, 0.2) is 5.78 Å². The summed E-state index contributed by atoms with van der Waals surface area (Å²) < 4.78 is 0. The summed E-state index contributed by atoms with van der Waals surface area (Å²) in [6.07, 6.45) is 3.22. The average Bonchev–Trinajstić information content (AvgIpc) is 2.45. The van der Waals surface area contributed by atoms with Gasteiger partial charge in [-0.05, 0) is 43.0 Å². The second-order valence-corrected chi connectivity index (χ2v) is 4.94. The number of ketones is 1. The maximum absolute atomic E-state index is 11.9. The van der Waals surface area contributed by atoms with Crippen molar-refractivity contribution in [3.63, 3.8) is 0 Å². The summed E-state index contributed by atoms with van der Waals surface area (Å²) >= 11 is 0. The largest absolute Gasteiger partial charge is 0.292 e. The molecular weight excluding hydrogens is 246 g/mol. The number of rotatable bonds is 6. The lowest BCUT2D eigenvalue weighted by molar-refractivity contribution is -0.115. The first kappa shape index (κ1) is 16.1. The Morgan fingerprint density at radius 2 is 2.00 bits per heavy atom. The third-order valence-electron chi connectivity index (χ3n) is 2.97. The second-order valence-electron chi connectivity index (χ2n) is 4.94. The van der Waals surface area contributed by atoms with E-state index < -0.39 is 0 Å². The van der Waals surface area contributed by atoms with Gasteiger partial charge in [-0.3, -0.25) is 9.79 Å². The standard InChI is InChI=1S/C18H23NO/c1-6-15-9-8-10-16(12-15)14(5)11-17(18(20)7-2)19-13(3)4/h8-12H,5-7H2,1-4H3/b17-11-. The Morgan fingerprint density at radius 3 is 2.55 bits per heavy atom. The molecule has 0 atom stereocenters. The highest BCUT2D eigenvalue weighted by Gasteiger charge is 2.07. The summed E-state index contributed by atoms with van der Waals surface area (Å²) in [6, 6.07) is 8.22. The van der Waals surface area contributed by atoms with Crippen LogP contribution in [0.3, 0.4) is 0 Å². The molecule has 0 unspecified atom stereocenters. The minimum absolute atomic E-state index is 0.0407. The number of hydrogen-bond donors (Lipinski definition) is 0. The van der Waals surface area contributed by atoms with E-state index in [4.69, 9.17) is 0 Å². The Bertz CT molecular complexity index is 561. The van der Waals surface area contributed by atoms with Crippen LogP contribution < -0.4 is 0 Å². The van der Waals surface area contributed by atoms with E-state index in [1.165, 1.54) is 5.56 Å². The van der Waals surface area contributed by atoms with E-state index in [-0.39, 0.29) is 5.78 Å². The Morgan fingerprint density at radius 1 is 1.30 bits per heavy atom. The number of Topliss-reactive ketones (excluding diaryl/α,β-unsaturated/α-hetero) is 1. The lowest BCUT2D eigenvalue weighted by atomic mass is 10.0. The maximum Gasteiger partial charge on any atom is 0.180 e. The normalized spacial score (nSPS) is 11.1. The molecule has 0 aliphatic heterocycles. The van der Waals surface area contributed by atoms with Crippen molar-refractivity contribution in [1.82, 2.24) is 0 Å². The van der Waals surface area contributed by atoms with Crippen LogP contribution in [0.25, 0.3) is 5.57 Å². The first-order valence-corrected chi connectivity index (χ1v) is 7.02. The first-order chi connectivity index (χ1) is 9.47. The van der Waals surface area contributed by atoms with Crippen molar-refractivity contribution in [2.24, 2.45) is 4.99 Å². The molecule has 20 heavy (non-hydrogen) atoms. The van der Waals surface area contributed by atoms with Gasteiger partial charge in [0.1, 0.15) is 5.70 Å². The van der Waals surface area contributed by atoms with Crippen molar-refractivity contribution in [2.45, 2.75) is 40.5 Å². The van der Waals surface area contributed by atoms with Gasteiger partial charge < -0.3 is 0 Å². The van der Waals surface area contributed by atoms with Gasteiger partial charge in [-0.25, -0.2) is 0 Å². The van der Waals surface area contributed by atoms with Gasteiger partial charge in [0.05, 0.1) is 0 Å². The topological polar surface area (TPSA) is 29.4 Å². The predicted octanol–water partition coefficient (Wildman–Crippen LogP) is 4.61. The molecule has 106 valence electrons. The highest BCUT2D eigenvalue weighted by atomic mass is 16.1. The number of hydrogen-bond acceptors (Lipinski definition) is 2. The summed E-state index contributed by atoms with van der Waals surface area (Å²) in [4.78, 5) is 16.2. The van der Waals surface area contributed by atoms with E-state index in [2.05, 4.69) is 30.6 Å². The average molecular weight is 269 g/mol. The van der Waals surface area contributed by atoms with E-state index in [1.807, 2.05) is 32.9 Å². The molecule has 0 radical (unpaired) electrons. The SMILES string of the molecule is C=C(/C=C(\N=C(C)C)C(=O)CC)c1cccc(CC)c1. The van der Waals surface area contributed by atoms with Gasteiger partial charge in [0, 0.05) is 12.1 Å². The highest BCUT2D eigenvalue weighted by molar-refractivity contribution is 6.00. The molecule has 2 nitrogen and oxygen atoms in total. The zero-order chi connectivity index (χ0) is 15.1. The lowest BCUT2D eigenvalue weighted by Crippen LogP contribution is -2.00. The highest BCUT2D eigenvalue weighted by Crippen LogP contribution is 2.19. The van der Waals surface area contributed by atoms with Crippen molar-refractivity contribution in [2.75, 3.05) is 0 Å². The number of allylic oxidation sites excluding steroid dienone is 3. The van der Waals surface area contributed by atoms with Crippen LogP contribution in [-0.2, 0) is 11.2 Å². The minimum Gasteiger partial charge on any atom is -0.292 e.